The molecule has 0 fully saturated rings. The summed E-state index contributed by atoms with van der Waals surface area (Å²) in [7, 11) is 0. The number of aromatic nitrogens is 2. The zero-order chi connectivity index (χ0) is 12.3. The highest BCUT2D eigenvalue weighted by Crippen LogP contribution is 2.10. The van der Waals surface area contributed by atoms with Crippen LogP contribution in [0.3, 0.4) is 0 Å². The summed E-state index contributed by atoms with van der Waals surface area (Å²) in [5.74, 6) is 1.51. The summed E-state index contributed by atoms with van der Waals surface area (Å²) in [6.07, 6.45) is 14.7. The maximum atomic E-state index is 5.80. The minimum atomic E-state index is 0.518. The Bertz CT molecular complexity index is 284. The maximum Gasteiger partial charge on any atom is 0.123 e. The average Bonchev–Trinajstić information content (AvgIpc) is 2.80. The van der Waals surface area contributed by atoms with E-state index in [-0.39, 0.29) is 0 Å². The number of imidazole rings is 1. The van der Waals surface area contributed by atoms with E-state index < -0.39 is 0 Å². The fourth-order valence-electron chi connectivity index (χ4n) is 2.09. The molecule has 0 atom stereocenters. The molecule has 1 rings (SSSR count). The molecule has 0 amide bonds. The van der Waals surface area contributed by atoms with E-state index in [0.29, 0.717) is 5.88 Å². The van der Waals surface area contributed by atoms with Gasteiger partial charge in [-0.15, -0.1) is 11.6 Å². The van der Waals surface area contributed by atoms with Crippen molar-refractivity contribution in [2.75, 3.05) is 0 Å². The molecule has 2 nitrogen and oxygen atoms in total. The predicted molar refractivity (Wildman–Crippen MR) is 74.4 cm³/mol. The molecule has 1 aromatic heterocycles. The maximum absolute atomic E-state index is 5.80. The van der Waals surface area contributed by atoms with Crippen molar-refractivity contribution in [3.05, 3.63) is 18.2 Å². The molecule has 3 heteroatoms. The van der Waals surface area contributed by atoms with E-state index in [2.05, 4.69) is 16.5 Å². The quantitative estimate of drug-likeness (QED) is 0.436. The Kier molecular flexibility index (Phi) is 8.16. The minimum absolute atomic E-state index is 0.518. The van der Waals surface area contributed by atoms with Crippen molar-refractivity contribution in [3.8, 4) is 0 Å². The summed E-state index contributed by atoms with van der Waals surface area (Å²) in [4.78, 5) is 4.21. The van der Waals surface area contributed by atoms with Crippen molar-refractivity contribution in [3.63, 3.8) is 0 Å². The summed E-state index contributed by atoms with van der Waals surface area (Å²) in [5.41, 5.74) is 0. The second-order valence-electron chi connectivity index (χ2n) is 4.65. The van der Waals surface area contributed by atoms with E-state index in [1.54, 1.807) is 0 Å². The normalized spacial score (nSPS) is 10.9. The van der Waals surface area contributed by atoms with Crippen LogP contribution in [0.2, 0.25) is 0 Å². The summed E-state index contributed by atoms with van der Waals surface area (Å²) < 4.78 is 2.17. The van der Waals surface area contributed by atoms with Gasteiger partial charge in [0.05, 0.1) is 5.88 Å². The van der Waals surface area contributed by atoms with Crippen molar-refractivity contribution in [2.24, 2.45) is 0 Å². The minimum Gasteiger partial charge on any atom is -0.334 e. The molecule has 98 valence electrons. The van der Waals surface area contributed by atoms with E-state index in [1.807, 2.05) is 12.4 Å². The number of rotatable bonds is 10. The van der Waals surface area contributed by atoms with Crippen LogP contribution in [0.15, 0.2) is 12.4 Å². The highest BCUT2D eigenvalue weighted by molar-refractivity contribution is 6.16. The average molecular weight is 257 g/mol. The molecule has 0 bridgehead atoms. The number of halogens is 1. The Hall–Kier alpha value is -0.500. The molecule has 0 aliphatic heterocycles. The van der Waals surface area contributed by atoms with Crippen LogP contribution < -0.4 is 0 Å². The number of unbranched alkanes of at least 4 members (excludes halogenated alkanes) is 7. The monoisotopic (exact) mass is 256 g/mol. The van der Waals surface area contributed by atoms with Gasteiger partial charge in [-0.25, -0.2) is 4.98 Å². The number of hydrogen-bond donors (Lipinski definition) is 0. The van der Waals surface area contributed by atoms with Crippen molar-refractivity contribution in [1.29, 1.82) is 0 Å². The van der Waals surface area contributed by atoms with Gasteiger partial charge in [0.25, 0.3) is 0 Å². The molecular formula is C14H25ClN2. The Morgan fingerprint density at radius 2 is 1.71 bits per heavy atom. The standard InChI is InChI=1S/C14H25ClN2/c1-2-3-4-5-6-7-8-9-11-17-12-10-16-14(17)13-15/h10,12H,2-9,11,13H2,1H3. The van der Waals surface area contributed by atoms with E-state index in [9.17, 15) is 0 Å². The highest BCUT2D eigenvalue weighted by Gasteiger charge is 1.99. The third-order valence-corrected chi connectivity index (χ3v) is 3.41. The zero-order valence-electron chi connectivity index (χ0n) is 11.0. The smallest absolute Gasteiger partial charge is 0.123 e. The molecule has 17 heavy (non-hydrogen) atoms. The van der Waals surface area contributed by atoms with Gasteiger partial charge in [-0.05, 0) is 6.42 Å². The first kappa shape index (κ1) is 14.6. The van der Waals surface area contributed by atoms with Crippen LogP contribution >= 0.6 is 11.6 Å². The molecule has 0 N–H and O–H groups in total. The lowest BCUT2D eigenvalue weighted by molar-refractivity contribution is 0.538. The van der Waals surface area contributed by atoms with E-state index in [4.69, 9.17) is 11.6 Å². The molecule has 0 aliphatic rings. The molecular weight excluding hydrogens is 232 g/mol. The fourth-order valence-corrected chi connectivity index (χ4v) is 2.31. The summed E-state index contributed by atoms with van der Waals surface area (Å²) in [5, 5.41) is 0. The Balaban J connectivity index is 1.97. The van der Waals surface area contributed by atoms with Gasteiger partial charge >= 0.3 is 0 Å². The first-order valence-electron chi connectivity index (χ1n) is 6.94. The number of alkyl halides is 1. The van der Waals surface area contributed by atoms with Gasteiger partial charge in [0, 0.05) is 18.9 Å². The SMILES string of the molecule is CCCCCCCCCCn1ccnc1CCl. The summed E-state index contributed by atoms with van der Waals surface area (Å²) in [6, 6.07) is 0. The van der Waals surface area contributed by atoms with Gasteiger partial charge in [-0.1, -0.05) is 51.9 Å². The topological polar surface area (TPSA) is 17.8 Å². The number of aryl methyl sites for hydroxylation is 1. The zero-order valence-corrected chi connectivity index (χ0v) is 11.8. The largest absolute Gasteiger partial charge is 0.334 e. The summed E-state index contributed by atoms with van der Waals surface area (Å²) >= 11 is 5.80. The van der Waals surface area contributed by atoms with Crippen molar-refractivity contribution < 1.29 is 0 Å². The van der Waals surface area contributed by atoms with Crippen LogP contribution in [-0.4, -0.2) is 9.55 Å². The molecule has 0 aliphatic carbocycles. The number of hydrogen-bond acceptors (Lipinski definition) is 1. The molecule has 0 saturated carbocycles. The number of nitrogens with zero attached hydrogens (tertiary/aromatic N) is 2. The fraction of sp³-hybridized carbons (Fsp3) is 0.786. The highest BCUT2D eigenvalue weighted by atomic mass is 35.5. The van der Waals surface area contributed by atoms with Crippen LogP contribution in [0.5, 0.6) is 0 Å². The third kappa shape index (κ3) is 6.11. The van der Waals surface area contributed by atoms with Crippen LogP contribution in [0.25, 0.3) is 0 Å². The first-order valence-corrected chi connectivity index (χ1v) is 7.48. The molecule has 0 spiro atoms. The Labute approximate surface area is 110 Å². The van der Waals surface area contributed by atoms with Gasteiger partial charge in [0.2, 0.25) is 0 Å². The van der Waals surface area contributed by atoms with Crippen molar-refractivity contribution >= 4 is 11.6 Å². The lowest BCUT2D eigenvalue weighted by Gasteiger charge is -2.05. The summed E-state index contributed by atoms with van der Waals surface area (Å²) in [6.45, 7) is 3.33. The van der Waals surface area contributed by atoms with Crippen LogP contribution in [0.4, 0.5) is 0 Å². The molecule has 1 aromatic rings. The van der Waals surface area contributed by atoms with Gasteiger partial charge < -0.3 is 4.57 Å². The second-order valence-corrected chi connectivity index (χ2v) is 4.91. The van der Waals surface area contributed by atoms with E-state index >= 15 is 0 Å². The second kappa shape index (κ2) is 9.52. The first-order chi connectivity index (χ1) is 8.38. The van der Waals surface area contributed by atoms with Crippen molar-refractivity contribution in [2.45, 2.75) is 70.7 Å². The van der Waals surface area contributed by atoms with Gasteiger partial charge in [-0.2, -0.15) is 0 Å². The lowest BCUT2D eigenvalue weighted by Crippen LogP contribution is -2.01. The molecule has 1 heterocycles. The van der Waals surface area contributed by atoms with E-state index in [0.717, 1.165) is 12.4 Å². The molecule has 0 unspecified atom stereocenters. The molecule has 0 radical (unpaired) electrons. The van der Waals surface area contributed by atoms with Gasteiger partial charge in [0.15, 0.2) is 0 Å². The van der Waals surface area contributed by atoms with Gasteiger partial charge in [-0.3, -0.25) is 0 Å². The molecule has 0 saturated heterocycles. The molecule has 0 aromatic carbocycles. The van der Waals surface area contributed by atoms with Crippen LogP contribution in [0, 0.1) is 0 Å². The van der Waals surface area contributed by atoms with Crippen molar-refractivity contribution in [1.82, 2.24) is 9.55 Å². The third-order valence-electron chi connectivity index (χ3n) is 3.17. The van der Waals surface area contributed by atoms with Crippen LogP contribution in [0.1, 0.15) is 64.1 Å². The predicted octanol–water partition coefficient (Wildman–Crippen LogP) is 4.76. The lowest BCUT2D eigenvalue weighted by atomic mass is 10.1. The Morgan fingerprint density at radius 1 is 1.06 bits per heavy atom. The van der Waals surface area contributed by atoms with Gasteiger partial charge in [0.1, 0.15) is 5.82 Å². The Morgan fingerprint density at radius 3 is 2.35 bits per heavy atom. The van der Waals surface area contributed by atoms with Crippen LogP contribution in [-0.2, 0) is 12.4 Å². The van der Waals surface area contributed by atoms with E-state index in [1.165, 1.54) is 51.4 Å².